The van der Waals surface area contributed by atoms with Gasteiger partial charge in [-0.3, -0.25) is 9.35 Å². The molecular formula is C18H26O5S. The number of unbranched alkanes of at least 4 members (excludes halogenated alkanes) is 6. The minimum Gasteiger partial charge on any atom is -0.426 e. The Bertz CT molecular complexity index is 617. The summed E-state index contributed by atoms with van der Waals surface area (Å²) in [5.41, 5.74) is 0. The van der Waals surface area contributed by atoms with Crippen molar-refractivity contribution in [1.82, 2.24) is 0 Å². The maximum Gasteiger partial charge on any atom is 0.315 e. The number of rotatable bonds is 11. The molecule has 0 spiro atoms. The Morgan fingerprint density at radius 1 is 1.04 bits per heavy atom. The van der Waals surface area contributed by atoms with Crippen LogP contribution in [0.1, 0.15) is 58.3 Å². The predicted molar refractivity (Wildman–Crippen MR) is 93.6 cm³/mol. The van der Waals surface area contributed by atoms with E-state index < -0.39 is 16.1 Å². The lowest BCUT2D eigenvalue weighted by atomic mass is 10.1. The molecular weight excluding hydrogens is 328 g/mol. The zero-order valence-electron chi connectivity index (χ0n) is 14.1. The Hall–Kier alpha value is -1.66. The Labute approximate surface area is 144 Å². The first-order valence-electron chi connectivity index (χ1n) is 8.36. The summed E-state index contributed by atoms with van der Waals surface area (Å²) in [6.45, 7) is 2.20. The first-order chi connectivity index (χ1) is 11.4. The van der Waals surface area contributed by atoms with Crippen LogP contribution in [-0.2, 0) is 14.9 Å². The molecule has 134 valence electrons. The Balaban J connectivity index is 2.23. The summed E-state index contributed by atoms with van der Waals surface area (Å²) >= 11 is 0. The van der Waals surface area contributed by atoms with Gasteiger partial charge < -0.3 is 4.74 Å². The van der Waals surface area contributed by atoms with Crippen molar-refractivity contribution in [3.8, 4) is 5.75 Å². The molecule has 0 radical (unpaired) electrons. The van der Waals surface area contributed by atoms with Crippen molar-refractivity contribution in [2.45, 2.75) is 63.2 Å². The van der Waals surface area contributed by atoms with Crippen LogP contribution < -0.4 is 4.74 Å². The monoisotopic (exact) mass is 354 g/mol. The molecule has 0 amide bonds. The molecule has 0 saturated carbocycles. The Kier molecular flexibility index (Phi) is 9.34. The third-order valence-electron chi connectivity index (χ3n) is 3.53. The molecule has 0 unspecified atom stereocenters. The molecule has 0 aliphatic rings. The van der Waals surface area contributed by atoms with Crippen LogP contribution in [-0.4, -0.2) is 18.9 Å². The van der Waals surface area contributed by atoms with E-state index in [4.69, 9.17) is 9.29 Å². The van der Waals surface area contributed by atoms with Gasteiger partial charge in [0.05, 0.1) is 11.3 Å². The molecule has 0 aromatic heterocycles. The van der Waals surface area contributed by atoms with Crippen LogP contribution in [0, 0.1) is 0 Å². The fourth-order valence-corrected chi connectivity index (χ4v) is 2.67. The maximum atomic E-state index is 11.7. The van der Waals surface area contributed by atoms with Crippen molar-refractivity contribution >= 4 is 16.1 Å². The van der Waals surface area contributed by atoms with E-state index in [0.29, 0.717) is 0 Å². The summed E-state index contributed by atoms with van der Waals surface area (Å²) in [5.74, 6) is -0.162. The van der Waals surface area contributed by atoms with Gasteiger partial charge in [0, 0.05) is 0 Å². The molecule has 0 bridgehead atoms. The van der Waals surface area contributed by atoms with E-state index in [0.717, 1.165) is 12.8 Å². The highest BCUT2D eigenvalue weighted by atomic mass is 32.2. The summed E-state index contributed by atoms with van der Waals surface area (Å²) in [7, 11) is -4.23. The zero-order valence-corrected chi connectivity index (χ0v) is 14.9. The number of benzene rings is 1. The second kappa shape index (κ2) is 11.0. The number of hydrogen-bond acceptors (Lipinski definition) is 4. The number of ether oxygens (including phenoxy) is 1. The quantitative estimate of drug-likeness (QED) is 0.207. The van der Waals surface area contributed by atoms with Crippen molar-refractivity contribution in [3.63, 3.8) is 0 Å². The number of esters is 1. The van der Waals surface area contributed by atoms with Gasteiger partial charge in [0.1, 0.15) is 5.75 Å². The minimum absolute atomic E-state index is 0.176. The summed E-state index contributed by atoms with van der Waals surface area (Å²) < 4.78 is 35.8. The van der Waals surface area contributed by atoms with Crippen LogP contribution in [0.4, 0.5) is 0 Å². The largest absolute Gasteiger partial charge is 0.426 e. The number of carbonyl (C=O) groups is 1. The zero-order chi connectivity index (χ0) is 17.8. The van der Waals surface area contributed by atoms with Gasteiger partial charge in [0.2, 0.25) is 0 Å². The molecule has 24 heavy (non-hydrogen) atoms. The van der Waals surface area contributed by atoms with E-state index in [2.05, 4.69) is 6.92 Å². The smallest absolute Gasteiger partial charge is 0.315 e. The van der Waals surface area contributed by atoms with E-state index in [-0.39, 0.29) is 17.1 Å². The average Bonchev–Trinajstić information content (AvgIpc) is 2.53. The second-order valence-electron chi connectivity index (χ2n) is 5.65. The Morgan fingerprint density at radius 2 is 1.67 bits per heavy atom. The molecule has 1 N–H and O–H groups in total. The van der Waals surface area contributed by atoms with Crippen LogP contribution >= 0.6 is 0 Å². The van der Waals surface area contributed by atoms with Crippen molar-refractivity contribution in [3.05, 3.63) is 36.4 Å². The normalized spacial score (nSPS) is 11.8. The van der Waals surface area contributed by atoms with Gasteiger partial charge in [-0.15, -0.1) is 0 Å². The second-order valence-corrected chi connectivity index (χ2v) is 7.07. The van der Waals surface area contributed by atoms with Gasteiger partial charge in [-0.25, -0.2) is 0 Å². The first-order valence-corrected chi connectivity index (χ1v) is 9.80. The fourth-order valence-electron chi connectivity index (χ4n) is 2.19. The van der Waals surface area contributed by atoms with Crippen molar-refractivity contribution in [1.29, 1.82) is 0 Å². The lowest BCUT2D eigenvalue weighted by molar-refractivity contribution is -0.133. The standard InChI is InChI=1S/C18H26O5S/c1-2-3-4-5-6-7-8-9-10-11-18(19)23-16-12-14-17(15-13-16)24(20,21)22/h9-10,12-15H,2-8,11H2,1H3,(H,20,21,22). The van der Waals surface area contributed by atoms with Crippen LogP contribution in [0.2, 0.25) is 0 Å². The molecule has 1 aromatic rings. The molecule has 5 nitrogen and oxygen atoms in total. The van der Waals surface area contributed by atoms with Gasteiger partial charge in [0.25, 0.3) is 10.1 Å². The summed E-state index contributed by atoms with van der Waals surface area (Å²) in [6, 6.07) is 5.04. The van der Waals surface area contributed by atoms with E-state index in [1.807, 2.05) is 6.08 Å². The molecule has 6 heteroatoms. The van der Waals surface area contributed by atoms with Gasteiger partial charge in [-0.05, 0) is 37.1 Å². The number of hydrogen-bond donors (Lipinski definition) is 1. The van der Waals surface area contributed by atoms with E-state index in [1.54, 1.807) is 6.08 Å². The summed E-state index contributed by atoms with van der Waals surface area (Å²) in [6.07, 6.45) is 12.4. The molecule has 0 saturated heterocycles. The van der Waals surface area contributed by atoms with Gasteiger partial charge >= 0.3 is 5.97 Å². The molecule has 0 fully saturated rings. The molecule has 0 aliphatic heterocycles. The van der Waals surface area contributed by atoms with E-state index in [1.165, 1.54) is 56.4 Å². The summed E-state index contributed by atoms with van der Waals surface area (Å²) in [5, 5.41) is 0. The third kappa shape index (κ3) is 8.84. The van der Waals surface area contributed by atoms with Crippen LogP contribution in [0.3, 0.4) is 0 Å². The van der Waals surface area contributed by atoms with Gasteiger partial charge in [-0.1, -0.05) is 51.2 Å². The lowest BCUT2D eigenvalue weighted by Gasteiger charge is -2.03. The molecule has 1 rings (SSSR count). The fraction of sp³-hybridized carbons (Fsp3) is 0.500. The average molecular weight is 354 g/mol. The van der Waals surface area contributed by atoms with Crippen LogP contribution in [0.25, 0.3) is 0 Å². The van der Waals surface area contributed by atoms with Crippen molar-refractivity contribution in [2.24, 2.45) is 0 Å². The first kappa shape index (κ1) is 20.4. The molecule has 0 heterocycles. The SMILES string of the molecule is CCCCCCCCC=CCC(=O)Oc1ccc(S(=O)(=O)O)cc1. The highest BCUT2D eigenvalue weighted by molar-refractivity contribution is 7.85. The highest BCUT2D eigenvalue weighted by Gasteiger charge is 2.09. The maximum absolute atomic E-state index is 11.7. The van der Waals surface area contributed by atoms with Gasteiger partial charge in [0.15, 0.2) is 0 Å². The lowest BCUT2D eigenvalue weighted by Crippen LogP contribution is -2.06. The predicted octanol–water partition coefficient (Wildman–Crippen LogP) is 4.54. The van der Waals surface area contributed by atoms with Crippen LogP contribution in [0.15, 0.2) is 41.3 Å². The third-order valence-corrected chi connectivity index (χ3v) is 4.40. The molecule has 0 atom stereocenters. The number of allylic oxidation sites excluding steroid dienone is 1. The number of carbonyl (C=O) groups excluding carboxylic acids is 1. The van der Waals surface area contributed by atoms with E-state index >= 15 is 0 Å². The topological polar surface area (TPSA) is 80.7 Å². The molecule has 1 aromatic carbocycles. The summed E-state index contributed by atoms with van der Waals surface area (Å²) in [4.78, 5) is 11.4. The Morgan fingerprint density at radius 3 is 2.29 bits per heavy atom. The van der Waals surface area contributed by atoms with Crippen molar-refractivity contribution < 1.29 is 22.5 Å². The molecule has 0 aliphatic carbocycles. The van der Waals surface area contributed by atoms with Crippen LogP contribution in [0.5, 0.6) is 5.75 Å². The van der Waals surface area contributed by atoms with E-state index in [9.17, 15) is 13.2 Å². The van der Waals surface area contributed by atoms with Gasteiger partial charge in [-0.2, -0.15) is 8.42 Å². The minimum atomic E-state index is -4.23. The highest BCUT2D eigenvalue weighted by Crippen LogP contribution is 2.16. The van der Waals surface area contributed by atoms with Crippen molar-refractivity contribution in [2.75, 3.05) is 0 Å².